The van der Waals surface area contributed by atoms with Crippen LogP contribution in [0.3, 0.4) is 0 Å². The third-order valence-corrected chi connectivity index (χ3v) is 2.68. The molecule has 0 saturated carbocycles. The van der Waals surface area contributed by atoms with Gasteiger partial charge in [0, 0.05) is 5.69 Å². The van der Waals surface area contributed by atoms with Gasteiger partial charge in [-0.2, -0.15) is 0 Å². The molecule has 21 heavy (non-hydrogen) atoms. The van der Waals surface area contributed by atoms with Crippen molar-refractivity contribution in [2.45, 2.75) is 6.92 Å². The number of hydrogen-bond acceptors (Lipinski definition) is 8. The third kappa shape index (κ3) is 3.37. The molecule has 1 aromatic heterocycles. The van der Waals surface area contributed by atoms with Crippen LogP contribution in [0.5, 0.6) is 0 Å². The van der Waals surface area contributed by atoms with E-state index in [2.05, 4.69) is 20.7 Å². The Balaban J connectivity index is 2.15. The lowest BCUT2D eigenvalue weighted by Crippen LogP contribution is -2.12. The second kappa shape index (κ2) is 6.53. The number of hydrazine groups is 1. The molecule has 0 aliphatic rings. The summed E-state index contributed by atoms with van der Waals surface area (Å²) in [7, 11) is 0. The molecule has 0 atom stereocenters. The first kappa shape index (κ1) is 14.5. The molecule has 1 heterocycles. The average Bonchev–Trinajstić information content (AvgIpc) is 2.50. The minimum Gasteiger partial charge on any atom is -0.462 e. The molecule has 2 aromatic rings. The summed E-state index contributed by atoms with van der Waals surface area (Å²) in [4.78, 5) is 19.5. The highest BCUT2D eigenvalue weighted by Gasteiger charge is 2.09. The number of nitrogens with two attached hydrogens (primary N) is 2. The second-order valence-corrected chi connectivity index (χ2v) is 4.05. The molecule has 0 radical (unpaired) electrons. The first-order valence-corrected chi connectivity index (χ1v) is 6.27. The van der Waals surface area contributed by atoms with E-state index >= 15 is 0 Å². The zero-order chi connectivity index (χ0) is 15.2. The maximum Gasteiger partial charge on any atom is 0.338 e. The van der Waals surface area contributed by atoms with E-state index in [4.69, 9.17) is 16.3 Å². The summed E-state index contributed by atoms with van der Waals surface area (Å²) in [5.41, 5.74) is 9.73. The van der Waals surface area contributed by atoms with Crippen molar-refractivity contribution in [1.29, 1.82) is 0 Å². The number of ether oxygens (including phenoxy) is 1. The van der Waals surface area contributed by atoms with Gasteiger partial charge in [0.1, 0.15) is 12.0 Å². The molecule has 110 valence electrons. The Morgan fingerprint density at radius 1 is 1.24 bits per heavy atom. The number of nitrogens with one attached hydrogen (secondary N) is 2. The lowest BCUT2D eigenvalue weighted by atomic mass is 10.2. The lowest BCUT2D eigenvalue weighted by Gasteiger charge is -2.10. The van der Waals surface area contributed by atoms with Gasteiger partial charge in [-0.25, -0.2) is 20.6 Å². The van der Waals surface area contributed by atoms with Gasteiger partial charge in [0.15, 0.2) is 11.6 Å². The molecule has 8 nitrogen and oxygen atoms in total. The van der Waals surface area contributed by atoms with Gasteiger partial charge in [0.05, 0.1) is 12.2 Å². The van der Waals surface area contributed by atoms with Crippen LogP contribution in [0.15, 0.2) is 30.6 Å². The van der Waals surface area contributed by atoms with E-state index in [1.807, 2.05) is 0 Å². The zero-order valence-electron chi connectivity index (χ0n) is 11.5. The van der Waals surface area contributed by atoms with Gasteiger partial charge in [-0.05, 0) is 31.2 Å². The number of hydrogen-bond donors (Lipinski definition) is 4. The van der Waals surface area contributed by atoms with Gasteiger partial charge in [0.25, 0.3) is 0 Å². The molecule has 0 unspecified atom stereocenters. The summed E-state index contributed by atoms with van der Waals surface area (Å²) in [5.74, 6) is 5.68. The van der Waals surface area contributed by atoms with Crippen molar-refractivity contribution in [3.63, 3.8) is 0 Å². The number of aromatic nitrogens is 2. The average molecular weight is 288 g/mol. The number of anilines is 4. The molecule has 0 saturated heterocycles. The molecule has 0 bridgehead atoms. The topological polar surface area (TPSA) is 128 Å². The van der Waals surface area contributed by atoms with Crippen molar-refractivity contribution in [3.05, 3.63) is 36.2 Å². The van der Waals surface area contributed by atoms with Crippen LogP contribution < -0.4 is 22.3 Å². The van der Waals surface area contributed by atoms with E-state index in [1.54, 1.807) is 31.2 Å². The predicted molar refractivity (Wildman–Crippen MR) is 79.9 cm³/mol. The van der Waals surface area contributed by atoms with E-state index in [0.29, 0.717) is 29.5 Å². The molecule has 0 fully saturated rings. The van der Waals surface area contributed by atoms with Crippen LogP contribution in [-0.2, 0) is 4.74 Å². The van der Waals surface area contributed by atoms with Crippen LogP contribution in [0.4, 0.5) is 23.0 Å². The third-order valence-electron chi connectivity index (χ3n) is 2.68. The maximum atomic E-state index is 11.5. The Bertz CT molecular complexity index is 629. The molecule has 8 heteroatoms. The highest BCUT2D eigenvalue weighted by atomic mass is 16.5. The van der Waals surface area contributed by atoms with Crippen molar-refractivity contribution in [2.75, 3.05) is 23.1 Å². The van der Waals surface area contributed by atoms with Crippen molar-refractivity contribution in [2.24, 2.45) is 5.84 Å². The number of carbonyl (C=O) groups excluding carboxylic acids is 1. The van der Waals surface area contributed by atoms with Gasteiger partial charge in [-0.3, -0.25) is 0 Å². The molecular formula is C13H16N6O2. The lowest BCUT2D eigenvalue weighted by molar-refractivity contribution is 0.0526. The summed E-state index contributed by atoms with van der Waals surface area (Å²) < 4.78 is 4.91. The Labute approximate surface area is 121 Å². The van der Waals surface area contributed by atoms with Gasteiger partial charge >= 0.3 is 5.97 Å². The standard InChI is InChI=1S/C13H16N6O2/c1-2-21-13(20)8-3-5-9(6-4-8)18-11-10(14)12(19-15)17-7-16-11/h3-7H,2,14-15H2,1H3,(H2,16,17,18,19). The largest absolute Gasteiger partial charge is 0.462 e. The maximum absolute atomic E-state index is 11.5. The van der Waals surface area contributed by atoms with Crippen LogP contribution in [0.25, 0.3) is 0 Å². The Hall–Kier alpha value is -2.87. The minimum absolute atomic E-state index is 0.300. The Morgan fingerprint density at radius 3 is 2.52 bits per heavy atom. The highest BCUT2D eigenvalue weighted by molar-refractivity contribution is 5.90. The van der Waals surface area contributed by atoms with E-state index in [0.717, 1.165) is 5.69 Å². The SMILES string of the molecule is CCOC(=O)c1ccc(Nc2ncnc(NN)c2N)cc1. The predicted octanol–water partition coefficient (Wildman–Crippen LogP) is 1.26. The first-order chi connectivity index (χ1) is 10.2. The molecule has 0 spiro atoms. The molecule has 0 aliphatic carbocycles. The first-order valence-electron chi connectivity index (χ1n) is 6.27. The number of rotatable bonds is 5. The molecule has 0 aliphatic heterocycles. The van der Waals surface area contributed by atoms with Gasteiger partial charge in [-0.15, -0.1) is 0 Å². The molecule has 6 N–H and O–H groups in total. The fourth-order valence-corrected chi connectivity index (χ4v) is 1.65. The summed E-state index contributed by atoms with van der Waals surface area (Å²) >= 11 is 0. The quantitative estimate of drug-likeness (QED) is 0.368. The smallest absolute Gasteiger partial charge is 0.338 e. The van der Waals surface area contributed by atoms with Crippen molar-refractivity contribution < 1.29 is 9.53 Å². The van der Waals surface area contributed by atoms with E-state index < -0.39 is 0 Å². The summed E-state index contributed by atoms with van der Waals surface area (Å²) in [6, 6.07) is 6.76. The van der Waals surface area contributed by atoms with E-state index in [9.17, 15) is 4.79 Å². The van der Waals surface area contributed by atoms with Crippen LogP contribution >= 0.6 is 0 Å². The van der Waals surface area contributed by atoms with Crippen molar-refractivity contribution >= 4 is 29.0 Å². The van der Waals surface area contributed by atoms with Gasteiger partial charge in [-0.1, -0.05) is 0 Å². The molecule has 0 amide bonds. The number of nitrogens with zero attached hydrogens (tertiary/aromatic N) is 2. The van der Waals surface area contributed by atoms with Crippen molar-refractivity contribution in [3.8, 4) is 0 Å². The van der Waals surface area contributed by atoms with Gasteiger partial charge in [0.2, 0.25) is 0 Å². The fourth-order valence-electron chi connectivity index (χ4n) is 1.65. The number of esters is 1. The van der Waals surface area contributed by atoms with E-state index in [-0.39, 0.29) is 5.97 Å². The summed E-state index contributed by atoms with van der Waals surface area (Å²) in [5, 5.41) is 3.02. The van der Waals surface area contributed by atoms with Crippen molar-refractivity contribution in [1.82, 2.24) is 9.97 Å². The second-order valence-electron chi connectivity index (χ2n) is 4.05. The van der Waals surface area contributed by atoms with Crippen LogP contribution in [0.1, 0.15) is 17.3 Å². The minimum atomic E-state index is -0.361. The molecule has 1 aromatic carbocycles. The monoisotopic (exact) mass is 288 g/mol. The summed E-state index contributed by atoms with van der Waals surface area (Å²) in [6.45, 7) is 2.10. The molecule has 2 rings (SSSR count). The van der Waals surface area contributed by atoms with Crippen LogP contribution in [-0.4, -0.2) is 22.5 Å². The van der Waals surface area contributed by atoms with Crippen LogP contribution in [0, 0.1) is 0 Å². The normalized spacial score (nSPS) is 10.0. The van der Waals surface area contributed by atoms with Crippen LogP contribution in [0.2, 0.25) is 0 Å². The fraction of sp³-hybridized carbons (Fsp3) is 0.154. The summed E-state index contributed by atoms with van der Waals surface area (Å²) in [6.07, 6.45) is 1.33. The molecular weight excluding hydrogens is 272 g/mol. The Morgan fingerprint density at radius 2 is 1.90 bits per heavy atom. The zero-order valence-corrected chi connectivity index (χ0v) is 11.5. The highest BCUT2D eigenvalue weighted by Crippen LogP contribution is 2.25. The van der Waals surface area contributed by atoms with Gasteiger partial charge < -0.3 is 21.2 Å². The number of carbonyl (C=O) groups is 1. The van der Waals surface area contributed by atoms with E-state index in [1.165, 1.54) is 6.33 Å². The Kier molecular flexibility index (Phi) is 4.52. The number of benzene rings is 1. The number of nitrogen functional groups attached to an aromatic ring is 2.